The standard InChI is InChI=1S/C24H24N2O4/c1-18-8-6-7-11-21(18)26-24(27)17-29-22-13-12-20(14-23(22)28-2)15-25-30-16-19-9-4-3-5-10-19/h3-15H,16-17H2,1-2H3,(H,26,27)/b25-15+. The number of hydrogen-bond acceptors (Lipinski definition) is 5. The van der Waals surface area contributed by atoms with Gasteiger partial charge in [0.1, 0.15) is 6.61 Å². The summed E-state index contributed by atoms with van der Waals surface area (Å²) in [5, 5.41) is 6.82. The summed E-state index contributed by atoms with van der Waals surface area (Å²) in [4.78, 5) is 17.5. The Kier molecular flexibility index (Phi) is 7.44. The van der Waals surface area contributed by atoms with Crippen LogP contribution in [0.2, 0.25) is 0 Å². The largest absolute Gasteiger partial charge is 0.493 e. The summed E-state index contributed by atoms with van der Waals surface area (Å²) in [5.41, 5.74) is 3.58. The predicted octanol–water partition coefficient (Wildman–Crippen LogP) is 4.57. The van der Waals surface area contributed by atoms with E-state index in [1.165, 1.54) is 0 Å². The zero-order valence-electron chi connectivity index (χ0n) is 17.0. The Hall–Kier alpha value is -3.80. The van der Waals surface area contributed by atoms with E-state index < -0.39 is 0 Å². The number of aryl methyl sites for hydroxylation is 1. The molecular weight excluding hydrogens is 380 g/mol. The molecule has 0 atom stereocenters. The van der Waals surface area contributed by atoms with Crippen LogP contribution in [0.3, 0.4) is 0 Å². The molecule has 3 aromatic rings. The second kappa shape index (κ2) is 10.7. The van der Waals surface area contributed by atoms with Crippen LogP contribution in [-0.4, -0.2) is 25.8 Å². The highest BCUT2D eigenvalue weighted by Gasteiger charge is 2.09. The Labute approximate surface area is 176 Å². The van der Waals surface area contributed by atoms with Crippen molar-refractivity contribution in [2.24, 2.45) is 5.16 Å². The number of methoxy groups -OCH3 is 1. The van der Waals surface area contributed by atoms with Gasteiger partial charge in [0.15, 0.2) is 18.1 Å². The van der Waals surface area contributed by atoms with Crippen LogP contribution >= 0.6 is 0 Å². The van der Waals surface area contributed by atoms with Crippen molar-refractivity contribution in [2.75, 3.05) is 19.0 Å². The number of oxime groups is 1. The number of nitrogens with one attached hydrogen (secondary N) is 1. The minimum Gasteiger partial charge on any atom is -0.493 e. The maximum absolute atomic E-state index is 12.2. The maximum Gasteiger partial charge on any atom is 0.262 e. The number of amides is 1. The summed E-state index contributed by atoms with van der Waals surface area (Å²) in [6.07, 6.45) is 1.60. The summed E-state index contributed by atoms with van der Waals surface area (Å²) in [6, 6.07) is 22.7. The highest BCUT2D eigenvalue weighted by atomic mass is 16.6. The average Bonchev–Trinajstić information content (AvgIpc) is 2.78. The molecule has 6 nitrogen and oxygen atoms in total. The fraction of sp³-hybridized carbons (Fsp3) is 0.167. The molecule has 0 saturated carbocycles. The molecule has 154 valence electrons. The van der Waals surface area contributed by atoms with E-state index in [0.29, 0.717) is 18.1 Å². The van der Waals surface area contributed by atoms with Gasteiger partial charge in [-0.15, -0.1) is 0 Å². The number of benzene rings is 3. The van der Waals surface area contributed by atoms with Crippen molar-refractivity contribution < 1.29 is 19.1 Å². The first-order valence-electron chi connectivity index (χ1n) is 9.51. The maximum atomic E-state index is 12.2. The van der Waals surface area contributed by atoms with Crippen molar-refractivity contribution in [3.8, 4) is 11.5 Å². The molecule has 30 heavy (non-hydrogen) atoms. The summed E-state index contributed by atoms with van der Waals surface area (Å²) in [7, 11) is 1.54. The van der Waals surface area contributed by atoms with Crippen LogP contribution in [0, 0.1) is 6.92 Å². The molecule has 0 fully saturated rings. The Morgan fingerprint density at radius 2 is 1.77 bits per heavy atom. The monoisotopic (exact) mass is 404 g/mol. The van der Waals surface area contributed by atoms with E-state index in [9.17, 15) is 4.79 Å². The first-order chi connectivity index (χ1) is 14.7. The van der Waals surface area contributed by atoms with Gasteiger partial charge in [-0.05, 0) is 42.3 Å². The molecule has 0 spiro atoms. The average molecular weight is 404 g/mol. The number of nitrogens with zero attached hydrogens (tertiary/aromatic N) is 1. The third-order valence-corrected chi connectivity index (χ3v) is 4.32. The number of carbonyl (C=O) groups is 1. The van der Waals surface area contributed by atoms with Crippen molar-refractivity contribution in [2.45, 2.75) is 13.5 Å². The molecule has 0 heterocycles. The fourth-order valence-corrected chi connectivity index (χ4v) is 2.71. The molecule has 0 bridgehead atoms. The van der Waals surface area contributed by atoms with Gasteiger partial charge in [-0.25, -0.2) is 0 Å². The van der Waals surface area contributed by atoms with Gasteiger partial charge in [0.25, 0.3) is 5.91 Å². The van der Waals surface area contributed by atoms with E-state index in [1.807, 2.05) is 67.6 Å². The van der Waals surface area contributed by atoms with Gasteiger partial charge < -0.3 is 19.6 Å². The molecule has 6 heteroatoms. The lowest BCUT2D eigenvalue weighted by atomic mass is 10.2. The Balaban J connectivity index is 1.54. The first kappa shape index (κ1) is 20.9. The van der Waals surface area contributed by atoms with Crippen molar-refractivity contribution in [1.29, 1.82) is 0 Å². The van der Waals surface area contributed by atoms with Gasteiger partial charge in [0.05, 0.1) is 13.3 Å². The second-order valence-corrected chi connectivity index (χ2v) is 6.56. The molecule has 0 aromatic heterocycles. The number of hydrogen-bond donors (Lipinski definition) is 1. The number of carbonyl (C=O) groups excluding carboxylic acids is 1. The third-order valence-electron chi connectivity index (χ3n) is 4.32. The Bertz CT molecular complexity index is 1000. The summed E-state index contributed by atoms with van der Waals surface area (Å²) < 4.78 is 11.0. The third kappa shape index (κ3) is 6.10. The number of anilines is 1. The smallest absolute Gasteiger partial charge is 0.262 e. The summed E-state index contributed by atoms with van der Waals surface area (Å²) in [5.74, 6) is 0.733. The van der Waals surface area contributed by atoms with Crippen LogP contribution < -0.4 is 14.8 Å². The molecule has 0 aliphatic heterocycles. The number of ether oxygens (including phenoxy) is 2. The van der Waals surface area contributed by atoms with Gasteiger partial charge in [-0.2, -0.15) is 0 Å². The van der Waals surface area contributed by atoms with Gasteiger partial charge in [-0.3, -0.25) is 4.79 Å². The van der Waals surface area contributed by atoms with E-state index in [2.05, 4.69) is 10.5 Å². The predicted molar refractivity (Wildman–Crippen MR) is 117 cm³/mol. The van der Waals surface area contributed by atoms with Crippen molar-refractivity contribution in [3.63, 3.8) is 0 Å². The fourth-order valence-electron chi connectivity index (χ4n) is 2.71. The van der Waals surface area contributed by atoms with Crippen molar-refractivity contribution in [1.82, 2.24) is 0 Å². The Morgan fingerprint density at radius 3 is 2.53 bits per heavy atom. The Morgan fingerprint density at radius 1 is 1.00 bits per heavy atom. The molecule has 3 rings (SSSR count). The molecule has 0 unspecified atom stereocenters. The lowest BCUT2D eigenvalue weighted by Gasteiger charge is -2.12. The molecule has 0 radical (unpaired) electrons. The van der Waals surface area contributed by atoms with Crippen LogP contribution in [0.4, 0.5) is 5.69 Å². The van der Waals surface area contributed by atoms with Crippen LogP contribution in [-0.2, 0) is 16.2 Å². The van der Waals surface area contributed by atoms with Crippen molar-refractivity contribution in [3.05, 3.63) is 89.5 Å². The quantitative estimate of drug-likeness (QED) is 0.419. The lowest BCUT2D eigenvalue weighted by Crippen LogP contribution is -2.20. The van der Waals surface area contributed by atoms with E-state index >= 15 is 0 Å². The van der Waals surface area contributed by atoms with E-state index in [0.717, 1.165) is 22.4 Å². The summed E-state index contributed by atoms with van der Waals surface area (Å²) in [6.45, 7) is 2.20. The van der Waals surface area contributed by atoms with Gasteiger partial charge in [-0.1, -0.05) is 53.7 Å². The minimum atomic E-state index is -0.244. The molecular formula is C24H24N2O4. The van der Waals surface area contributed by atoms with Gasteiger partial charge >= 0.3 is 0 Å². The van der Waals surface area contributed by atoms with Crippen LogP contribution in [0.25, 0.3) is 0 Å². The van der Waals surface area contributed by atoms with E-state index in [-0.39, 0.29) is 12.5 Å². The minimum absolute atomic E-state index is 0.127. The number of rotatable bonds is 9. The zero-order valence-corrected chi connectivity index (χ0v) is 17.0. The van der Waals surface area contributed by atoms with Crippen LogP contribution in [0.5, 0.6) is 11.5 Å². The molecule has 3 aromatic carbocycles. The first-order valence-corrected chi connectivity index (χ1v) is 9.51. The van der Waals surface area contributed by atoms with Crippen LogP contribution in [0.15, 0.2) is 78.0 Å². The van der Waals surface area contributed by atoms with Crippen molar-refractivity contribution >= 4 is 17.8 Å². The molecule has 0 saturated heterocycles. The molecule has 0 aliphatic carbocycles. The lowest BCUT2D eigenvalue weighted by molar-refractivity contribution is -0.118. The van der Waals surface area contributed by atoms with Gasteiger partial charge in [0.2, 0.25) is 0 Å². The second-order valence-electron chi connectivity index (χ2n) is 6.56. The SMILES string of the molecule is COc1cc(/C=N/OCc2ccccc2)ccc1OCC(=O)Nc1ccccc1C. The highest BCUT2D eigenvalue weighted by molar-refractivity contribution is 5.92. The van der Waals surface area contributed by atoms with Gasteiger partial charge in [0, 0.05) is 11.3 Å². The topological polar surface area (TPSA) is 69.1 Å². The van der Waals surface area contributed by atoms with E-state index in [4.69, 9.17) is 14.3 Å². The van der Waals surface area contributed by atoms with E-state index in [1.54, 1.807) is 25.5 Å². The normalized spacial score (nSPS) is 10.6. The summed E-state index contributed by atoms with van der Waals surface area (Å²) >= 11 is 0. The number of para-hydroxylation sites is 1. The highest BCUT2D eigenvalue weighted by Crippen LogP contribution is 2.27. The molecule has 0 aliphatic rings. The zero-order chi connectivity index (χ0) is 21.2. The molecule has 1 amide bonds. The van der Waals surface area contributed by atoms with Crippen LogP contribution in [0.1, 0.15) is 16.7 Å². The molecule has 1 N–H and O–H groups in total.